The summed E-state index contributed by atoms with van der Waals surface area (Å²) in [6.45, 7) is 4.75. The summed E-state index contributed by atoms with van der Waals surface area (Å²) in [6, 6.07) is 0.168. The Bertz CT molecular complexity index is 481. The minimum Gasteiger partial charge on any atom is -0.460 e. The van der Waals surface area contributed by atoms with E-state index in [0.29, 0.717) is 18.3 Å². The zero-order valence-electron chi connectivity index (χ0n) is 11.3. The first-order valence-electron chi connectivity index (χ1n) is 6.92. The van der Waals surface area contributed by atoms with Crippen molar-refractivity contribution < 1.29 is 14.3 Å². The standard InChI is InChI=1S/C13H19N3O3/c1-3-18-13(17)12-15-14-8(2)16(12)10-6-7-19-11(10)9-4-5-9/h9-11H,3-7H2,1-2H3. The van der Waals surface area contributed by atoms with Gasteiger partial charge in [-0.05, 0) is 39.0 Å². The zero-order valence-corrected chi connectivity index (χ0v) is 11.3. The minimum absolute atomic E-state index is 0.168. The normalized spacial score (nSPS) is 26.6. The summed E-state index contributed by atoms with van der Waals surface area (Å²) in [4.78, 5) is 11.9. The predicted octanol–water partition coefficient (Wildman–Crippen LogP) is 1.50. The lowest BCUT2D eigenvalue weighted by molar-refractivity contribution is 0.0486. The second-order valence-corrected chi connectivity index (χ2v) is 5.19. The Balaban J connectivity index is 1.90. The molecule has 0 bridgehead atoms. The molecule has 1 aromatic rings. The SMILES string of the molecule is CCOC(=O)c1nnc(C)n1C1CCOC1C1CC1. The molecule has 1 saturated heterocycles. The van der Waals surface area contributed by atoms with E-state index in [2.05, 4.69) is 10.2 Å². The van der Waals surface area contributed by atoms with Crippen LogP contribution in [0.1, 0.15) is 48.7 Å². The van der Waals surface area contributed by atoms with E-state index < -0.39 is 5.97 Å². The minimum atomic E-state index is -0.399. The molecular weight excluding hydrogens is 246 g/mol. The van der Waals surface area contributed by atoms with Crippen molar-refractivity contribution in [1.82, 2.24) is 14.8 Å². The van der Waals surface area contributed by atoms with Gasteiger partial charge in [0.15, 0.2) is 0 Å². The number of rotatable bonds is 4. The largest absolute Gasteiger partial charge is 0.460 e. The van der Waals surface area contributed by atoms with Gasteiger partial charge in [0.2, 0.25) is 5.82 Å². The van der Waals surface area contributed by atoms with Crippen LogP contribution in [-0.4, -0.2) is 40.1 Å². The number of aromatic nitrogens is 3. The van der Waals surface area contributed by atoms with E-state index in [0.717, 1.165) is 18.9 Å². The van der Waals surface area contributed by atoms with Crippen molar-refractivity contribution in [1.29, 1.82) is 0 Å². The van der Waals surface area contributed by atoms with Gasteiger partial charge in [0.1, 0.15) is 5.82 Å². The average molecular weight is 265 g/mol. The summed E-state index contributed by atoms with van der Waals surface area (Å²) in [5.41, 5.74) is 0. The summed E-state index contributed by atoms with van der Waals surface area (Å²) >= 11 is 0. The fourth-order valence-electron chi connectivity index (χ4n) is 2.85. The van der Waals surface area contributed by atoms with Crippen LogP contribution < -0.4 is 0 Å². The topological polar surface area (TPSA) is 66.2 Å². The number of hydrogen-bond donors (Lipinski definition) is 0. The highest BCUT2D eigenvalue weighted by Crippen LogP contribution is 2.43. The third-order valence-corrected chi connectivity index (χ3v) is 3.85. The Kier molecular flexibility index (Phi) is 3.26. The van der Waals surface area contributed by atoms with E-state index in [9.17, 15) is 4.79 Å². The lowest BCUT2D eigenvalue weighted by Gasteiger charge is -2.21. The number of carbonyl (C=O) groups is 1. The summed E-state index contributed by atoms with van der Waals surface area (Å²) < 4.78 is 12.8. The van der Waals surface area contributed by atoms with Crippen molar-refractivity contribution >= 4 is 5.97 Å². The molecule has 0 N–H and O–H groups in total. The summed E-state index contributed by atoms with van der Waals surface area (Å²) in [6.07, 6.45) is 3.54. The molecule has 0 amide bonds. The molecule has 2 aliphatic rings. The van der Waals surface area contributed by atoms with E-state index in [1.54, 1.807) is 6.92 Å². The van der Waals surface area contributed by atoms with Crippen LogP contribution in [0.25, 0.3) is 0 Å². The first kappa shape index (κ1) is 12.6. The van der Waals surface area contributed by atoms with Gasteiger partial charge in [-0.2, -0.15) is 0 Å². The quantitative estimate of drug-likeness (QED) is 0.772. The molecule has 1 aromatic heterocycles. The van der Waals surface area contributed by atoms with Crippen molar-refractivity contribution in [3.05, 3.63) is 11.6 Å². The lowest BCUT2D eigenvalue weighted by Crippen LogP contribution is -2.26. The van der Waals surface area contributed by atoms with E-state index in [-0.39, 0.29) is 12.1 Å². The number of ether oxygens (including phenoxy) is 2. The monoisotopic (exact) mass is 265 g/mol. The Morgan fingerprint density at radius 3 is 2.89 bits per heavy atom. The predicted molar refractivity (Wildman–Crippen MR) is 66.8 cm³/mol. The van der Waals surface area contributed by atoms with Gasteiger partial charge >= 0.3 is 5.97 Å². The first-order chi connectivity index (χ1) is 9.22. The second-order valence-electron chi connectivity index (χ2n) is 5.19. The molecule has 6 nitrogen and oxygen atoms in total. The molecule has 1 aliphatic carbocycles. The smallest absolute Gasteiger partial charge is 0.376 e. The number of hydrogen-bond acceptors (Lipinski definition) is 5. The van der Waals surface area contributed by atoms with Crippen molar-refractivity contribution in [2.24, 2.45) is 5.92 Å². The van der Waals surface area contributed by atoms with Crippen LogP contribution in [0, 0.1) is 12.8 Å². The van der Waals surface area contributed by atoms with Gasteiger partial charge in [-0.25, -0.2) is 4.79 Å². The highest BCUT2D eigenvalue weighted by molar-refractivity contribution is 5.85. The van der Waals surface area contributed by atoms with Gasteiger partial charge in [0, 0.05) is 6.61 Å². The Labute approximate surface area is 112 Å². The van der Waals surface area contributed by atoms with Crippen LogP contribution in [0.2, 0.25) is 0 Å². The van der Waals surface area contributed by atoms with Crippen molar-refractivity contribution in [2.75, 3.05) is 13.2 Å². The Morgan fingerprint density at radius 1 is 1.42 bits per heavy atom. The third kappa shape index (κ3) is 2.25. The Hall–Kier alpha value is -1.43. The Morgan fingerprint density at radius 2 is 2.21 bits per heavy atom. The van der Waals surface area contributed by atoms with Crippen LogP contribution in [0.4, 0.5) is 0 Å². The molecular formula is C13H19N3O3. The molecule has 1 saturated carbocycles. The molecule has 2 unspecified atom stereocenters. The van der Waals surface area contributed by atoms with Gasteiger partial charge < -0.3 is 9.47 Å². The summed E-state index contributed by atoms with van der Waals surface area (Å²) in [5.74, 6) is 1.29. The fourth-order valence-corrected chi connectivity index (χ4v) is 2.85. The first-order valence-corrected chi connectivity index (χ1v) is 6.92. The van der Waals surface area contributed by atoms with Crippen LogP contribution in [0.5, 0.6) is 0 Å². The molecule has 0 spiro atoms. The molecule has 2 fully saturated rings. The number of esters is 1. The molecule has 2 atom stereocenters. The molecule has 3 rings (SSSR count). The average Bonchev–Trinajstić information content (AvgIpc) is 2.99. The number of carbonyl (C=O) groups excluding carboxylic acids is 1. The van der Waals surface area contributed by atoms with Crippen molar-refractivity contribution in [2.45, 2.75) is 45.3 Å². The maximum atomic E-state index is 11.9. The number of nitrogens with zero attached hydrogens (tertiary/aromatic N) is 3. The van der Waals surface area contributed by atoms with Crippen LogP contribution in [0.15, 0.2) is 0 Å². The maximum Gasteiger partial charge on any atom is 0.376 e. The van der Waals surface area contributed by atoms with Crippen LogP contribution >= 0.6 is 0 Å². The third-order valence-electron chi connectivity index (χ3n) is 3.85. The van der Waals surface area contributed by atoms with E-state index in [1.165, 1.54) is 12.8 Å². The van der Waals surface area contributed by atoms with E-state index in [1.807, 2.05) is 11.5 Å². The van der Waals surface area contributed by atoms with Crippen LogP contribution in [0.3, 0.4) is 0 Å². The molecule has 19 heavy (non-hydrogen) atoms. The van der Waals surface area contributed by atoms with Crippen molar-refractivity contribution in [3.8, 4) is 0 Å². The molecule has 0 aromatic carbocycles. The van der Waals surface area contributed by atoms with Crippen molar-refractivity contribution in [3.63, 3.8) is 0 Å². The van der Waals surface area contributed by atoms with E-state index >= 15 is 0 Å². The molecule has 0 radical (unpaired) electrons. The van der Waals surface area contributed by atoms with E-state index in [4.69, 9.17) is 9.47 Å². The molecule has 1 aliphatic heterocycles. The molecule has 6 heteroatoms. The van der Waals surface area contributed by atoms with Gasteiger partial charge in [0.05, 0.1) is 18.8 Å². The molecule has 2 heterocycles. The highest BCUT2D eigenvalue weighted by Gasteiger charge is 2.43. The summed E-state index contributed by atoms with van der Waals surface area (Å²) in [7, 11) is 0. The van der Waals surface area contributed by atoms with Gasteiger partial charge in [-0.15, -0.1) is 10.2 Å². The highest BCUT2D eigenvalue weighted by atomic mass is 16.5. The number of aryl methyl sites for hydroxylation is 1. The van der Waals surface area contributed by atoms with Gasteiger partial charge in [-0.1, -0.05) is 0 Å². The fraction of sp³-hybridized carbons (Fsp3) is 0.769. The second kappa shape index (κ2) is 4.92. The zero-order chi connectivity index (χ0) is 13.4. The van der Waals surface area contributed by atoms with Crippen LogP contribution in [-0.2, 0) is 9.47 Å². The van der Waals surface area contributed by atoms with Gasteiger partial charge in [-0.3, -0.25) is 4.57 Å². The maximum absolute atomic E-state index is 11.9. The van der Waals surface area contributed by atoms with Gasteiger partial charge in [0.25, 0.3) is 0 Å². The summed E-state index contributed by atoms with van der Waals surface area (Å²) in [5, 5.41) is 8.01. The molecule has 104 valence electrons. The lowest BCUT2D eigenvalue weighted by atomic mass is 10.1.